The number of anilines is 1. The molecule has 2 N–H and O–H groups in total. The molecule has 0 aromatic heterocycles. The van der Waals surface area contributed by atoms with E-state index in [1.54, 1.807) is 13.8 Å². The lowest BCUT2D eigenvalue weighted by atomic mass is 10.1. The number of ether oxygens (including phenoxy) is 1. The quantitative estimate of drug-likeness (QED) is 0.614. The van der Waals surface area contributed by atoms with E-state index in [0.717, 1.165) is 0 Å². The molecule has 20 heavy (non-hydrogen) atoms. The monoisotopic (exact) mass is 282 g/mol. The third-order valence-corrected chi connectivity index (χ3v) is 2.47. The number of nitrogens with zero attached hydrogens (tertiary/aromatic N) is 1. The summed E-state index contributed by atoms with van der Waals surface area (Å²) in [5, 5.41) is 22.7. The molecular formula is C13H18N2O5. The van der Waals surface area contributed by atoms with Crippen LogP contribution in [-0.4, -0.2) is 27.6 Å². The molecule has 7 nitrogen and oxygen atoms in total. The van der Waals surface area contributed by atoms with Crippen LogP contribution in [0, 0.1) is 10.1 Å². The molecule has 0 heterocycles. The average Bonchev–Trinajstić information content (AvgIpc) is 2.26. The first-order chi connectivity index (χ1) is 9.11. The zero-order valence-electron chi connectivity index (χ0n) is 11.8. The zero-order chi connectivity index (χ0) is 15.5. The molecule has 0 aliphatic rings. The van der Waals surface area contributed by atoms with Crippen molar-refractivity contribution in [2.75, 3.05) is 5.32 Å². The Hall–Kier alpha value is -2.31. The van der Waals surface area contributed by atoms with Gasteiger partial charge in [0.1, 0.15) is 11.3 Å². The standard InChI is InChI=1S/C13H18N2O5/c1-8(2)20-11-6-9(5-10(7-11)15(18)19)14-13(3,4)12(16)17/h5-8,14H,1-4H3,(H,16,17). The Labute approximate surface area is 116 Å². The zero-order valence-corrected chi connectivity index (χ0v) is 11.8. The average molecular weight is 282 g/mol. The van der Waals surface area contributed by atoms with E-state index in [1.165, 1.54) is 32.0 Å². The number of carbonyl (C=O) groups is 1. The van der Waals surface area contributed by atoms with Gasteiger partial charge in [-0.3, -0.25) is 10.1 Å². The van der Waals surface area contributed by atoms with E-state index in [1.807, 2.05) is 0 Å². The van der Waals surface area contributed by atoms with Gasteiger partial charge in [-0.25, -0.2) is 4.79 Å². The third-order valence-electron chi connectivity index (χ3n) is 2.47. The van der Waals surface area contributed by atoms with E-state index in [2.05, 4.69) is 5.32 Å². The highest BCUT2D eigenvalue weighted by molar-refractivity contribution is 5.82. The van der Waals surface area contributed by atoms with Crippen LogP contribution < -0.4 is 10.1 Å². The Balaban J connectivity index is 3.15. The second-order valence-electron chi connectivity index (χ2n) is 5.19. The van der Waals surface area contributed by atoms with Crippen molar-refractivity contribution in [1.29, 1.82) is 0 Å². The number of aliphatic carboxylic acids is 1. The van der Waals surface area contributed by atoms with Crippen LogP contribution in [0.1, 0.15) is 27.7 Å². The molecule has 0 saturated carbocycles. The van der Waals surface area contributed by atoms with Crippen molar-refractivity contribution in [2.24, 2.45) is 0 Å². The van der Waals surface area contributed by atoms with Gasteiger partial charge in [0.15, 0.2) is 0 Å². The molecule has 0 saturated heterocycles. The van der Waals surface area contributed by atoms with Crippen LogP contribution in [0.2, 0.25) is 0 Å². The maximum absolute atomic E-state index is 11.1. The smallest absolute Gasteiger partial charge is 0.328 e. The number of carboxylic acid groups (broad SMARTS) is 1. The van der Waals surface area contributed by atoms with Crippen LogP contribution in [0.3, 0.4) is 0 Å². The fourth-order valence-corrected chi connectivity index (χ4v) is 1.52. The molecule has 0 fully saturated rings. The van der Waals surface area contributed by atoms with E-state index in [9.17, 15) is 14.9 Å². The normalized spacial score (nSPS) is 11.2. The maximum atomic E-state index is 11.1. The molecule has 1 rings (SSSR count). The largest absolute Gasteiger partial charge is 0.491 e. The minimum Gasteiger partial charge on any atom is -0.491 e. The number of hydrogen-bond acceptors (Lipinski definition) is 5. The van der Waals surface area contributed by atoms with E-state index >= 15 is 0 Å². The Kier molecular flexibility index (Phi) is 4.54. The van der Waals surface area contributed by atoms with Crippen molar-refractivity contribution in [2.45, 2.75) is 39.3 Å². The van der Waals surface area contributed by atoms with Crippen molar-refractivity contribution in [1.82, 2.24) is 0 Å². The number of nitro benzene ring substituents is 1. The molecule has 0 amide bonds. The van der Waals surface area contributed by atoms with Crippen LogP contribution >= 0.6 is 0 Å². The minimum atomic E-state index is -1.25. The first kappa shape index (κ1) is 15.7. The van der Waals surface area contributed by atoms with E-state index in [-0.39, 0.29) is 11.8 Å². The molecule has 0 aliphatic carbocycles. The number of nitro groups is 1. The fourth-order valence-electron chi connectivity index (χ4n) is 1.52. The van der Waals surface area contributed by atoms with E-state index in [0.29, 0.717) is 11.4 Å². The molecule has 0 atom stereocenters. The lowest BCUT2D eigenvalue weighted by Gasteiger charge is -2.22. The third kappa shape index (κ3) is 4.11. The van der Waals surface area contributed by atoms with Crippen LogP contribution in [0.15, 0.2) is 18.2 Å². The van der Waals surface area contributed by atoms with Crippen molar-refractivity contribution in [3.63, 3.8) is 0 Å². The Morgan fingerprint density at radius 3 is 2.45 bits per heavy atom. The highest BCUT2D eigenvalue weighted by Crippen LogP contribution is 2.28. The fraction of sp³-hybridized carbons (Fsp3) is 0.462. The van der Waals surface area contributed by atoms with E-state index in [4.69, 9.17) is 9.84 Å². The predicted molar refractivity (Wildman–Crippen MR) is 74.2 cm³/mol. The SMILES string of the molecule is CC(C)Oc1cc(NC(C)(C)C(=O)O)cc([N+](=O)[O-])c1. The Morgan fingerprint density at radius 2 is 2.00 bits per heavy atom. The van der Waals surface area contributed by atoms with Crippen molar-refractivity contribution < 1.29 is 19.6 Å². The van der Waals surface area contributed by atoms with Crippen LogP contribution in [0.4, 0.5) is 11.4 Å². The van der Waals surface area contributed by atoms with Gasteiger partial charge in [-0.05, 0) is 27.7 Å². The lowest BCUT2D eigenvalue weighted by molar-refractivity contribution is -0.384. The van der Waals surface area contributed by atoms with Gasteiger partial charge in [0.2, 0.25) is 0 Å². The topological polar surface area (TPSA) is 102 Å². The maximum Gasteiger partial charge on any atom is 0.328 e. The summed E-state index contributed by atoms with van der Waals surface area (Å²) in [6.07, 6.45) is -0.141. The van der Waals surface area contributed by atoms with Crippen molar-refractivity contribution in [3.8, 4) is 5.75 Å². The van der Waals surface area contributed by atoms with Gasteiger partial charge in [0.05, 0.1) is 17.1 Å². The number of hydrogen-bond donors (Lipinski definition) is 2. The number of benzene rings is 1. The first-order valence-corrected chi connectivity index (χ1v) is 6.09. The van der Waals surface area contributed by atoms with Crippen LogP contribution in [0.25, 0.3) is 0 Å². The van der Waals surface area contributed by atoms with Gasteiger partial charge in [0.25, 0.3) is 5.69 Å². The minimum absolute atomic E-state index is 0.141. The van der Waals surface area contributed by atoms with Crippen molar-refractivity contribution >= 4 is 17.3 Å². The highest BCUT2D eigenvalue weighted by Gasteiger charge is 2.27. The number of rotatable bonds is 6. The second kappa shape index (κ2) is 5.77. The molecule has 0 unspecified atom stereocenters. The molecule has 1 aromatic rings. The predicted octanol–water partition coefficient (Wildman–Crippen LogP) is 2.66. The Morgan fingerprint density at radius 1 is 1.40 bits per heavy atom. The van der Waals surface area contributed by atoms with Gasteiger partial charge in [0, 0.05) is 17.8 Å². The van der Waals surface area contributed by atoms with Crippen LogP contribution in [-0.2, 0) is 4.79 Å². The highest BCUT2D eigenvalue weighted by atomic mass is 16.6. The lowest BCUT2D eigenvalue weighted by Crippen LogP contribution is -2.39. The second-order valence-corrected chi connectivity index (χ2v) is 5.19. The summed E-state index contributed by atoms with van der Waals surface area (Å²) in [6.45, 7) is 6.54. The van der Waals surface area contributed by atoms with Gasteiger partial charge in [-0.15, -0.1) is 0 Å². The summed E-state index contributed by atoms with van der Waals surface area (Å²) in [5.74, 6) is -0.742. The summed E-state index contributed by atoms with van der Waals surface area (Å²) in [6, 6.07) is 4.12. The van der Waals surface area contributed by atoms with Gasteiger partial charge < -0.3 is 15.2 Å². The van der Waals surface area contributed by atoms with E-state index < -0.39 is 16.4 Å². The first-order valence-electron chi connectivity index (χ1n) is 6.09. The van der Waals surface area contributed by atoms with Gasteiger partial charge in [-0.1, -0.05) is 0 Å². The Bertz CT molecular complexity index is 525. The van der Waals surface area contributed by atoms with Gasteiger partial charge >= 0.3 is 5.97 Å². The van der Waals surface area contributed by atoms with Gasteiger partial charge in [-0.2, -0.15) is 0 Å². The summed E-state index contributed by atoms with van der Waals surface area (Å²) in [4.78, 5) is 21.4. The molecule has 110 valence electrons. The number of nitrogens with one attached hydrogen (secondary N) is 1. The molecule has 0 spiro atoms. The summed E-state index contributed by atoms with van der Waals surface area (Å²) in [5.41, 5.74) is -1.08. The van der Waals surface area contributed by atoms with Crippen molar-refractivity contribution in [3.05, 3.63) is 28.3 Å². The number of non-ortho nitro benzene ring substituents is 1. The summed E-state index contributed by atoms with van der Waals surface area (Å²) < 4.78 is 5.43. The molecule has 1 aromatic carbocycles. The molecule has 0 radical (unpaired) electrons. The molecule has 0 aliphatic heterocycles. The summed E-state index contributed by atoms with van der Waals surface area (Å²) in [7, 11) is 0. The molecule has 0 bridgehead atoms. The molecule has 7 heteroatoms. The van der Waals surface area contributed by atoms with Crippen LogP contribution in [0.5, 0.6) is 5.75 Å². The number of carboxylic acids is 1. The molecular weight excluding hydrogens is 264 g/mol. The summed E-state index contributed by atoms with van der Waals surface area (Å²) >= 11 is 0.